The highest BCUT2D eigenvalue weighted by atomic mass is 16.5. The van der Waals surface area contributed by atoms with Crippen molar-refractivity contribution in [1.82, 2.24) is 9.88 Å². The summed E-state index contributed by atoms with van der Waals surface area (Å²) in [5, 5.41) is 0. The first-order valence-corrected chi connectivity index (χ1v) is 8.47. The third kappa shape index (κ3) is 3.72. The molecule has 2 aromatic rings. The number of hydrogen-bond acceptors (Lipinski definition) is 5. The van der Waals surface area contributed by atoms with Gasteiger partial charge in [-0.25, -0.2) is 4.98 Å². The molecule has 1 fully saturated rings. The molecule has 3 rings (SSSR count). The van der Waals surface area contributed by atoms with Crippen LogP contribution in [0.15, 0.2) is 22.6 Å². The maximum atomic E-state index is 11.8. The summed E-state index contributed by atoms with van der Waals surface area (Å²) in [5.74, 6) is 0.812. The predicted octanol–water partition coefficient (Wildman–Crippen LogP) is 3.17. The second kappa shape index (κ2) is 7.13. The molecule has 0 spiro atoms. The Morgan fingerprint density at radius 3 is 2.83 bits per heavy atom. The summed E-state index contributed by atoms with van der Waals surface area (Å²) in [6.45, 7) is 7.12. The van der Waals surface area contributed by atoms with Gasteiger partial charge in [0.1, 0.15) is 5.52 Å². The minimum atomic E-state index is -0.0386. The van der Waals surface area contributed by atoms with E-state index in [4.69, 9.17) is 9.15 Å². The Morgan fingerprint density at radius 2 is 2.13 bits per heavy atom. The van der Waals surface area contributed by atoms with E-state index in [-0.39, 0.29) is 11.9 Å². The standard InChI is InChI=1S/C18H24N2O3/c1-3-17-19-15-11-13(5-6-16(15)23-17)12-20-9-7-14(8-10-20)18(21)22-4-2/h5-6,11,14H,3-4,7-10,12H2,1-2H3. The first-order chi connectivity index (χ1) is 11.2. The molecule has 0 saturated carbocycles. The second-order valence-electron chi connectivity index (χ2n) is 6.07. The summed E-state index contributed by atoms with van der Waals surface area (Å²) in [6, 6.07) is 6.21. The number of likely N-dealkylation sites (tertiary alicyclic amines) is 1. The largest absolute Gasteiger partial charge is 0.466 e. The number of benzene rings is 1. The fraction of sp³-hybridized carbons (Fsp3) is 0.556. The number of esters is 1. The van der Waals surface area contributed by atoms with Crippen LogP contribution in [0.25, 0.3) is 11.1 Å². The van der Waals surface area contributed by atoms with Crippen LogP contribution in [0.2, 0.25) is 0 Å². The highest BCUT2D eigenvalue weighted by molar-refractivity contribution is 5.73. The molecule has 1 saturated heterocycles. The van der Waals surface area contributed by atoms with Crippen LogP contribution < -0.4 is 0 Å². The van der Waals surface area contributed by atoms with Gasteiger partial charge in [-0.2, -0.15) is 0 Å². The molecule has 0 N–H and O–H groups in total. The minimum Gasteiger partial charge on any atom is -0.466 e. The van der Waals surface area contributed by atoms with E-state index in [1.54, 1.807) is 0 Å². The van der Waals surface area contributed by atoms with E-state index in [9.17, 15) is 4.79 Å². The molecule has 124 valence electrons. The Hall–Kier alpha value is -1.88. The van der Waals surface area contributed by atoms with Gasteiger partial charge in [0.25, 0.3) is 0 Å². The zero-order chi connectivity index (χ0) is 16.2. The van der Waals surface area contributed by atoms with Crippen molar-refractivity contribution in [3.63, 3.8) is 0 Å². The fourth-order valence-corrected chi connectivity index (χ4v) is 3.12. The van der Waals surface area contributed by atoms with Gasteiger partial charge in [0.05, 0.1) is 12.5 Å². The molecule has 0 aliphatic carbocycles. The van der Waals surface area contributed by atoms with Crippen molar-refractivity contribution in [3.8, 4) is 0 Å². The number of aromatic nitrogens is 1. The zero-order valence-electron chi connectivity index (χ0n) is 13.9. The van der Waals surface area contributed by atoms with Gasteiger partial charge in [-0.05, 0) is 50.6 Å². The third-order valence-electron chi connectivity index (χ3n) is 4.41. The van der Waals surface area contributed by atoms with E-state index in [1.807, 2.05) is 19.9 Å². The Morgan fingerprint density at radius 1 is 1.35 bits per heavy atom. The number of aryl methyl sites for hydroxylation is 1. The van der Waals surface area contributed by atoms with Crippen LogP contribution in [0.5, 0.6) is 0 Å². The van der Waals surface area contributed by atoms with Gasteiger partial charge < -0.3 is 9.15 Å². The van der Waals surface area contributed by atoms with Crippen LogP contribution in [0, 0.1) is 5.92 Å². The van der Waals surface area contributed by atoms with Gasteiger partial charge in [0.2, 0.25) is 0 Å². The summed E-state index contributed by atoms with van der Waals surface area (Å²) in [5.41, 5.74) is 3.02. The van der Waals surface area contributed by atoms with Gasteiger partial charge in [-0.1, -0.05) is 13.0 Å². The van der Waals surface area contributed by atoms with Crippen molar-refractivity contribution >= 4 is 17.1 Å². The van der Waals surface area contributed by atoms with Crippen LogP contribution in [-0.4, -0.2) is 35.5 Å². The lowest BCUT2D eigenvalue weighted by molar-refractivity contribution is -0.149. The van der Waals surface area contributed by atoms with Gasteiger partial charge in [0.15, 0.2) is 11.5 Å². The zero-order valence-corrected chi connectivity index (χ0v) is 13.9. The topological polar surface area (TPSA) is 55.6 Å². The molecular weight excluding hydrogens is 292 g/mol. The van der Waals surface area contributed by atoms with Crippen LogP contribution in [0.1, 0.15) is 38.1 Å². The Balaban J connectivity index is 1.59. The molecule has 1 aromatic heterocycles. The molecule has 1 aromatic carbocycles. The van der Waals surface area contributed by atoms with Gasteiger partial charge in [-0.15, -0.1) is 0 Å². The summed E-state index contributed by atoms with van der Waals surface area (Å²) in [4.78, 5) is 18.7. The van der Waals surface area contributed by atoms with Crippen LogP contribution in [0.4, 0.5) is 0 Å². The molecular formula is C18H24N2O3. The number of hydrogen-bond donors (Lipinski definition) is 0. The number of rotatable bonds is 5. The molecule has 5 heteroatoms. The molecule has 0 amide bonds. The van der Waals surface area contributed by atoms with E-state index in [0.29, 0.717) is 6.61 Å². The smallest absolute Gasteiger partial charge is 0.309 e. The number of fused-ring (bicyclic) bond motifs is 1. The quantitative estimate of drug-likeness (QED) is 0.793. The molecule has 0 unspecified atom stereocenters. The first kappa shape index (κ1) is 16.0. The van der Waals surface area contributed by atoms with Crippen LogP contribution >= 0.6 is 0 Å². The molecule has 0 atom stereocenters. The van der Waals surface area contributed by atoms with E-state index in [0.717, 1.165) is 55.9 Å². The number of carbonyl (C=O) groups is 1. The van der Waals surface area contributed by atoms with E-state index in [1.165, 1.54) is 5.56 Å². The van der Waals surface area contributed by atoms with Crippen molar-refractivity contribution in [2.75, 3.05) is 19.7 Å². The summed E-state index contributed by atoms with van der Waals surface area (Å²) >= 11 is 0. The average molecular weight is 316 g/mol. The normalized spacial score (nSPS) is 16.8. The summed E-state index contributed by atoms with van der Waals surface area (Å²) in [6.07, 6.45) is 2.57. The van der Waals surface area contributed by atoms with Crippen molar-refractivity contribution in [2.24, 2.45) is 5.92 Å². The van der Waals surface area contributed by atoms with Crippen molar-refractivity contribution < 1.29 is 13.9 Å². The molecule has 23 heavy (non-hydrogen) atoms. The molecule has 5 nitrogen and oxygen atoms in total. The Kier molecular flexibility index (Phi) is 4.96. The first-order valence-electron chi connectivity index (χ1n) is 8.47. The highest BCUT2D eigenvalue weighted by Crippen LogP contribution is 2.22. The monoisotopic (exact) mass is 316 g/mol. The van der Waals surface area contributed by atoms with Crippen molar-refractivity contribution in [1.29, 1.82) is 0 Å². The SMILES string of the molecule is CCOC(=O)C1CCN(Cc2ccc3oc(CC)nc3c2)CC1. The predicted molar refractivity (Wildman–Crippen MR) is 88.0 cm³/mol. The minimum absolute atomic E-state index is 0.0386. The Bertz CT molecular complexity index is 672. The Labute approximate surface area is 136 Å². The van der Waals surface area contributed by atoms with Crippen molar-refractivity contribution in [2.45, 2.75) is 39.7 Å². The molecule has 2 heterocycles. The number of oxazole rings is 1. The van der Waals surface area contributed by atoms with Crippen LogP contribution in [-0.2, 0) is 22.5 Å². The average Bonchev–Trinajstić information content (AvgIpc) is 2.98. The highest BCUT2D eigenvalue weighted by Gasteiger charge is 2.25. The van der Waals surface area contributed by atoms with E-state index >= 15 is 0 Å². The van der Waals surface area contributed by atoms with Crippen molar-refractivity contribution in [3.05, 3.63) is 29.7 Å². The molecule has 1 aliphatic heterocycles. The number of piperidine rings is 1. The molecule has 0 radical (unpaired) electrons. The molecule has 1 aliphatic rings. The maximum absolute atomic E-state index is 11.8. The third-order valence-corrected chi connectivity index (χ3v) is 4.41. The lowest BCUT2D eigenvalue weighted by Gasteiger charge is -2.30. The maximum Gasteiger partial charge on any atom is 0.309 e. The summed E-state index contributed by atoms with van der Waals surface area (Å²) in [7, 11) is 0. The van der Waals surface area contributed by atoms with Gasteiger partial charge in [-0.3, -0.25) is 9.69 Å². The lowest BCUT2D eigenvalue weighted by atomic mass is 9.96. The number of ether oxygens (including phenoxy) is 1. The van der Waals surface area contributed by atoms with E-state index in [2.05, 4.69) is 22.0 Å². The van der Waals surface area contributed by atoms with E-state index < -0.39 is 0 Å². The number of carbonyl (C=O) groups excluding carboxylic acids is 1. The fourth-order valence-electron chi connectivity index (χ4n) is 3.12. The molecule has 0 bridgehead atoms. The van der Waals surface area contributed by atoms with Gasteiger partial charge in [0, 0.05) is 13.0 Å². The van der Waals surface area contributed by atoms with Crippen LogP contribution in [0.3, 0.4) is 0 Å². The lowest BCUT2D eigenvalue weighted by Crippen LogP contribution is -2.36. The summed E-state index contributed by atoms with van der Waals surface area (Å²) < 4.78 is 10.8. The number of nitrogens with zero attached hydrogens (tertiary/aromatic N) is 2. The van der Waals surface area contributed by atoms with Gasteiger partial charge >= 0.3 is 5.97 Å². The second-order valence-corrected chi connectivity index (χ2v) is 6.07.